The van der Waals surface area contributed by atoms with Crippen LogP contribution in [0.15, 0.2) is 119 Å². The van der Waals surface area contributed by atoms with Crippen LogP contribution < -0.4 is 0 Å². The van der Waals surface area contributed by atoms with Gasteiger partial charge in [0, 0.05) is 26.9 Å². The standard InChI is InChI=1S/C30H19ClO/c31-24-13-5-11-22(19-24)21-10-4-12-23(18-21)26-15-7-17-28-27-16-6-14-25(29(27)32-30(26)28)20-8-2-1-3-9-20/h1-19H/i1D,2D,3D,4D,5D,8D,9D,10D,11D,12D,13D,18D,19D. The minimum absolute atomic E-state index is 0.0734. The van der Waals surface area contributed by atoms with E-state index in [0.717, 1.165) is 0 Å². The molecule has 0 aliphatic heterocycles. The molecule has 0 atom stereocenters. The van der Waals surface area contributed by atoms with E-state index in [9.17, 15) is 0 Å². The Morgan fingerprint density at radius 3 is 1.84 bits per heavy atom. The van der Waals surface area contributed by atoms with Crippen LogP contribution in [0.2, 0.25) is 5.02 Å². The fourth-order valence-electron chi connectivity index (χ4n) is 3.65. The zero-order valence-corrected chi connectivity index (χ0v) is 17.0. The number of para-hydroxylation sites is 2. The summed E-state index contributed by atoms with van der Waals surface area (Å²) in [6.45, 7) is 0. The predicted octanol–water partition coefficient (Wildman–Crippen LogP) is 9.24. The summed E-state index contributed by atoms with van der Waals surface area (Å²) in [6, 6.07) is 2.78. The third kappa shape index (κ3) is 3.19. The molecule has 1 heterocycles. The number of fused-ring (bicyclic) bond motifs is 3. The number of halogens is 1. The van der Waals surface area contributed by atoms with Gasteiger partial charge in [-0.2, -0.15) is 0 Å². The molecule has 152 valence electrons. The fraction of sp³-hybridized carbons (Fsp3) is 0. The Balaban J connectivity index is 1.71. The average molecular weight is 444 g/mol. The highest BCUT2D eigenvalue weighted by atomic mass is 35.5. The molecule has 0 radical (unpaired) electrons. The number of hydrogen-bond donors (Lipinski definition) is 0. The van der Waals surface area contributed by atoms with Crippen LogP contribution in [0.4, 0.5) is 0 Å². The molecular weight excluding hydrogens is 412 g/mol. The van der Waals surface area contributed by atoms with Crippen molar-refractivity contribution in [1.29, 1.82) is 0 Å². The second-order valence-electron chi connectivity index (χ2n) is 6.91. The molecule has 0 aliphatic rings. The van der Waals surface area contributed by atoms with Crippen LogP contribution in [0.5, 0.6) is 0 Å². The quantitative estimate of drug-likeness (QED) is 0.265. The number of benzene rings is 5. The first-order chi connectivity index (χ1) is 21.2. The van der Waals surface area contributed by atoms with Gasteiger partial charge in [0.05, 0.1) is 17.8 Å². The van der Waals surface area contributed by atoms with E-state index in [-0.39, 0.29) is 44.5 Å². The van der Waals surface area contributed by atoms with E-state index in [1.807, 2.05) is 0 Å². The second-order valence-corrected chi connectivity index (χ2v) is 7.28. The highest BCUT2D eigenvalue weighted by Crippen LogP contribution is 2.40. The minimum atomic E-state index is -0.621. The van der Waals surface area contributed by atoms with Crippen molar-refractivity contribution in [3.63, 3.8) is 0 Å². The maximum absolute atomic E-state index is 9.11. The van der Waals surface area contributed by atoms with Crippen molar-refractivity contribution in [3.05, 3.63) is 120 Å². The van der Waals surface area contributed by atoms with Crippen molar-refractivity contribution in [2.24, 2.45) is 0 Å². The Morgan fingerprint density at radius 1 is 0.562 bits per heavy atom. The monoisotopic (exact) mass is 443 g/mol. The molecule has 1 nitrogen and oxygen atoms in total. The molecule has 0 saturated carbocycles. The molecule has 0 saturated heterocycles. The van der Waals surface area contributed by atoms with Gasteiger partial charge >= 0.3 is 0 Å². The lowest BCUT2D eigenvalue weighted by Crippen LogP contribution is -1.82. The lowest BCUT2D eigenvalue weighted by molar-refractivity contribution is 0.671. The van der Waals surface area contributed by atoms with Gasteiger partial charge in [0.25, 0.3) is 0 Å². The summed E-state index contributed by atoms with van der Waals surface area (Å²) in [5, 5.41) is 0.555. The summed E-state index contributed by atoms with van der Waals surface area (Å²) < 4.78 is 115. The molecule has 0 fully saturated rings. The summed E-state index contributed by atoms with van der Waals surface area (Å²) in [5.74, 6) is 0. The predicted molar refractivity (Wildman–Crippen MR) is 135 cm³/mol. The molecule has 6 aromatic rings. The van der Waals surface area contributed by atoms with Crippen LogP contribution in [0.3, 0.4) is 0 Å². The van der Waals surface area contributed by atoms with Gasteiger partial charge in [-0.05, 0) is 40.4 Å². The molecule has 0 N–H and O–H groups in total. The minimum Gasteiger partial charge on any atom is -0.455 e. The third-order valence-electron chi connectivity index (χ3n) is 5.03. The Labute approximate surface area is 209 Å². The highest BCUT2D eigenvalue weighted by Gasteiger charge is 2.15. The molecular formula is C30H19ClO. The lowest BCUT2D eigenvalue weighted by Gasteiger charge is -2.07. The highest BCUT2D eigenvalue weighted by molar-refractivity contribution is 6.30. The van der Waals surface area contributed by atoms with E-state index in [1.54, 1.807) is 30.3 Å². The third-order valence-corrected chi connectivity index (χ3v) is 5.22. The van der Waals surface area contributed by atoms with Crippen molar-refractivity contribution >= 4 is 33.5 Å². The molecule has 0 spiro atoms. The van der Waals surface area contributed by atoms with Gasteiger partial charge < -0.3 is 4.42 Å². The van der Waals surface area contributed by atoms with Crippen molar-refractivity contribution in [2.45, 2.75) is 0 Å². The Hall–Kier alpha value is -3.81. The van der Waals surface area contributed by atoms with Crippen LogP contribution in [0.25, 0.3) is 55.3 Å². The first-order valence-corrected chi connectivity index (χ1v) is 9.96. The van der Waals surface area contributed by atoms with Crippen molar-refractivity contribution in [3.8, 4) is 33.4 Å². The Kier molecular flexibility index (Phi) is 2.35. The summed E-state index contributed by atoms with van der Waals surface area (Å²) in [7, 11) is 0. The van der Waals surface area contributed by atoms with Gasteiger partial charge in [-0.15, -0.1) is 0 Å². The van der Waals surface area contributed by atoms with Crippen LogP contribution >= 0.6 is 11.6 Å². The van der Waals surface area contributed by atoms with E-state index >= 15 is 0 Å². The lowest BCUT2D eigenvalue weighted by atomic mass is 9.97. The van der Waals surface area contributed by atoms with Crippen LogP contribution in [-0.4, -0.2) is 0 Å². The van der Waals surface area contributed by atoms with E-state index in [1.165, 1.54) is 6.07 Å². The van der Waals surface area contributed by atoms with E-state index in [2.05, 4.69) is 0 Å². The van der Waals surface area contributed by atoms with Crippen molar-refractivity contribution in [1.82, 2.24) is 0 Å². The smallest absolute Gasteiger partial charge is 0.143 e. The van der Waals surface area contributed by atoms with Gasteiger partial charge in [-0.1, -0.05) is 108 Å². The average Bonchev–Trinajstić information content (AvgIpc) is 3.42. The largest absolute Gasteiger partial charge is 0.455 e. The summed E-state index contributed by atoms with van der Waals surface area (Å²) in [6.07, 6.45) is 0. The molecule has 2 heteroatoms. The molecule has 0 aliphatic carbocycles. The van der Waals surface area contributed by atoms with Crippen molar-refractivity contribution < 1.29 is 22.2 Å². The number of hydrogen-bond acceptors (Lipinski definition) is 1. The normalized spacial score (nSPS) is 17.0. The molecule has 0 unspecified atom stereocenters. The second kappa shape index (κ2) is 7.71. The van der Waals surface area contributed by atoms with E-state index < -0.39 is 83.6 Å². The topological polar surface area (TPSA) is 13.1 Å². The Morgan fingerprint density at radius 2 is 1.12 bits per heavy atom. The summed E-state index contributed by atoms with van der Waals surface area (Å²) >= 11 is 6.12. The zero-order chi connectivity index (χ0) is 32.8. The number of furan rings is 1. The molecule has 5 aromatic carbocycles. The van der Waals surface area contributed by atoms with Crippen LogP contribution in [0.1, 0.15) is 17.8 Å². The zero-order valence-electron chi connectivity index (χ0n) is 29.3. The van der Waals surface area contributed by atoms with Gasteiger partial charge in [0.1, 0.15) is 11.2 Å². The summed E-state index contributed by atoms with van der Waals surface area (Å²) in [4.78, 5) is 0. The van der Waals surface area contributed by atoms with Gasteiger partial charge in [0.15, 0.2) is 0 Å². The molecule has 0 bridgehead atoms. The molecule has 0 amide bonds. The van der Waals surface area contributed by atoms with E-state index in [4.69, 9.17) is 33.8 Å². The maximum atomic E-state index is 9.11. The first-order valence-electron chi connectivity index (χ1n) is 16.1. The molecule has 6 rings (SSSR count). The summed E-state index contributed by atoms with van der Waals surface area (Å²) in [5.41, 5.74) is -0.276. The van der Waals surface area contributed by atoms with Gasteiger partial charge in [-0.25, -0.2) is 0 Å². The van der Waals surface area contributed by atoms with Crippen molar-refractivity contribution in [2.75, 3.05) is 0 Å². The number of rotatable bonds is 3. The van der Waals surface area contributed by atoms with Gasteiger partial charge in [0.2, 0.25) is 0 Å². The molecule has 32 heavy (non-hydrogen) atoms. The Bertz CT molecular complexity index is 2220. The molecule has 1 aromatic heterocycles. The SMILES string of the molecule is [2H]c1c([2H])c([2H])c(-c2cccc3c2oc2c(-c4c([2H])c([2H])c([2H])c(-c5c([2H])c([2H])c([2H])c(Cl)c5[2H])c4[2H])cccc23)c([2H])c1[2H]. The van der Waals surface area contributed by atoms with Gasteiger partial charge in [-0.3, -0.25) is 0 Å². The van der Waals surface area contributed by atoms with E-state index in [0.29, 0.717) is 10.8 Å². The fourth-order valence-corrected chi connectivity index (χ4v) is 3.79. The van der Waals surface area contributed by atoms with Crippen LogP contribution in [0, 0.1) is 0 Å². The maximum Gasteiger partial charge on any atom is 0.143 e. The van der Waals surface area contributed by atoms with Crippen LogP contribution in [-0.2, 0) is 0 Å². The first kappa shape index (κ1) is 9.77.